The molecule has 132 valence electrons. The highest BCUT2D eigenvalue weighted by Gasteiger charge is 2.29. The summed E-state index contributed by atoms with van der Waals surface area (Å²) in [6, 6.07) is 5.91. The number of halogens is 1. The first kappa shape index (κ1) is 21.7. The molecule has 0 radical (unpaired) electrons. The van der Waals surface area contributed by atoms with Crippen molar-refractivity contribution in [2.24, 2.45) is 0 Å². The van der Waals surface area contributed by atoms with Crippen LogP contribution in [0, 0.1) is 13.8 Å². The first-order valence-corrected chi connectivity index (χ1v) is 7.90. The largest absolute Gasteiger partial charge is 0.412 e. The second-order valence-corrected chi connectivity index (χ2v) is 5.84. The molecule has 6 heteroatoms. The number of hydrogen-bond donors (Lipinski definition) is 1. The van der Waals surface area contributed by atoms with Crippen LogP contribution in [0.15, 0.2) is 18.2 Å². The highest BCUT2D eigenvalue weighted by molar-refractivity contribution is 5.85. The summed E-state index contributed by atoms with van der Waals surface area (Å²) in [5, 5.41) is 0. The maximum Gasteiger partial charge on any atom is 0.349 e. The molecule has 0 unspecified atom stereocenters. The molecule has 5 nitrogen and oxygen atoms in total. The molecule has 2 rings (SSSR count). The number of benzene rings is 1. The van der Waals surface area contributed by atoms with Crippen LogP contribution >= 0.6 is 12.4 Å². The summed E-state index contributed by atoms with van der Waals surface area (Å²) in [6.07, 6.45) is 4.23. The number of carbonyl (C=O) groups excluding carboxylic acids is 1. The van der Waals surface area contributed by atoms with E-state index in [-0.39, 0.29) is 29.9 Å². The number of aryl methyl sites for hydroxylation is 2. The van der Waals surface area contributed by atoms with Crippen LogP contribution in [0.4, 0.5) is 5.69 Å². The Hall–Kier alpha value is -1.30. The third-order valence-electron chi connectivity index (χ3n) is 4.13. The first-order chi connectivity index (χ1) is 10.1. The number of hydrogen-bond acceptors (Lipinski definition) is 4. The quantitative estimate of drug-likeness (QED) is 0.833. The van der Waals surface area contributed by atoms with Crippen molar-refractivity contribution in [1.82, 2.24) is 4.90 Å². The molecule has 0 saturated carbocycles. The summed E-state index contributed by atoms with van der Waals surface area (Å²) < 4.78 is 0. The lowest BCUT2D eigenvalue weighted by molar-refractivity contribution is -0.148. The van der Waals surface area contributed by atoms with Crippen molar-refractivity contribution in [1.29, 1.82) is 0 Å². The van der Waals surface area contributed by atoms with Gasteiger partial charge >= 0.3 is 5.97 Å². The van der Waals surface area contributed by atoms with E-state index in [1.54, 1.807) is 0 Å². The average molecular weight is 345 g/mol. The standard InChI is InChI=1S/C17H26N2O2.ClH.H2O/c1-4-11-19-12-6-5-10-15(19)17(20)21-18-16-13(2)8-7-9-14(16)3;;/h7-9,15,18H,4-6,10-12H2,1-3H3;1H;1H2/t15-;;/m0../s1. The van der Waals surface area contributed by atoms with Gasteiger partial charge in [0.05, 0.1) is 5.69 Å². The molecule has 3 N–H and O–H groups in total. The highest BCUT2D eigenvalue weighted by Crippen LogP contribution is 2.21. The number of rotatable bonds is 5. The number of piperidine rings is 1. The van der Waals surface area contributed by atoms with Gasteiger partial charge in [0.15, 0.2) is 0 Å². The number of anilines is 1. The lowest BCUT2D eigenvalue weighted by Crippen LogP contribution is -2.46. The van der Waals surface area contributed by atoms with Crippen LogP contribution < -0.4 is 5.48 Å². The van der Waals surface area contributed by atoms with Gasteiger partial charge in [0.1, 0.15) is 6.04 Å². The van der Waals surface area contributed by atoms with Crippen molar-refractivity contribution in [3.8, 4) is 0 Å². The third kappa shape index (κ3) is 5.68. The molecule has 1 aromatic rings. The molecule has 0 aromatic heterocycles. The SMILES string of the molecule is CCCN1CCCC[C@H]1C(=O)ONc1c(C)cccc1C.Cl.O. The predicted octanol–water partition coefficient (Wildman–Crippen LogP) is 3.04. The zero-order valence-corrected chi connectivity index (χ0v) is 15.0. The van der Waals surface area contributed by atoms with Crippen LogP contribution in [0.3, 0.4) is 0 Å². The van der Waals surface area contributed by atoms with Crippen LogP contribution in [0.5, 0.6) is 0 Å². The van der Waals surface area contributed by atoms with Crippen LogP contribution in [-0.2, 0) is 9.63 Å². The summed E-state index contributed by atoms with van der Waals surface area (Å²) in [6.45, 7) is 8.12. The van der Waals surface area contributed by atoms with Gasteiger partial charge in [0.2, 0.25) is 0 Å². The molecule has 1 heterocycles. The van der Waals surface area contributed by atoms with E-state index >= 15 is 0 Å². The van der Waals surface area contributed by atoms with E-state index in [0.29, 0.717) is 0 Å². The zero-order valence-electron chi connectivity index (χ0n) is 14.2. The molecule has 1 aliphatic rings. The van der Waals surface area contributed by atoms with Gasteiger partial charge in [-0.1, -0.05) is 31.5 Å². The molecule has 1 aliphatic heterocycles. The van der Waals surface area contributed by atoms with Crippen molar-refractivity contribution in [2.75, 3.05) is 18.6 Å². The molecule has 0 amide bonds. The minimum Gasteiger partial charge on any atom is -0.412 e. The molecule has 1 aromatic carbocycles. The van der Waals surface area contributed by atoms with E-state index in [0.717, 1.165) is 49.2 Å². The van der Waals surface area contributed by atoms with Gasteiger partial charge in [0, 0.05) is 0 Å². The Bertz CT molecular complexity index is 474. The Morgan fingerprint density at radius 3 is 2.57 bits per heavy atom. The smallest absolute Gasteiger partial charge is 0.349 e. The van der Waals surface area contributed by atoms with Crippen LogP contribution in [0.2, 0.25) is 0 Å². The van der Waals surface area contributed by atoms with E-state index < -0.39 is 0 Å². The van der Waals surface area contributed by atoms with Gasteiger partial charge in [-0.25, -0.2) is 10.3 Å². The molecular formula is C17H29ClN2O3. The van der Waals surface area contributed by atoms with E-state index in [1.807, 2.05) is 32.0 Å². The molecule has 1 fully saturated rings. The minimum atomic E-state index is -0.161. The van der Waals surface area contributed by atoms with Crippen molar-refractivity contribution >= 4 is 24.1 Å². The predicted molar refractivity (Wildman–Crippen MR) is 96.0 cm³/mol. The number of nitrogens with zero attached hydrogens (tertiary/aromatic N) is 1. The van der Waals surface area contributed by atoms with Crippen molar-refractivity contribution < 1.29 is 15.1 Å². The van der Waals surface area contributed by atoms with Crippen LogP contribution in [-0.4, -0.2) is 35.5 Å². The average Bonchev–Trinajstić information content (AvgIpc) is 2.47. The van der Waals surface area contributed by atoms with E-state index in [4.69, 9.17) is 4.84 Å². The fraction of sp³-hybridized carbons (Fsp3) is 0.588. The Labute approximate surface area is 145 Å². The van der Waals surface area contributed by atoms with E-state index in [1.165, 1.54) is 6.42 Å². The Kier molecular flexibility index (Phi) is 9.88. The maximum absolute atomic E-state index is 12.4. The van der Waals surface area contributed by atoms with Gasteiger partial charge < -0.3 is 10.3 Å². The highest BCUT2D eigenvalue weighted by atomic mass is 35.5. The van der Waals surface area contributed by atoms with Gasteiger partial charge in [-0.2, -0.15) is 0 Å². The molecule has 0 spiro atoms. The molecule has 0 aliphatic carbocycles. The fourth-order valence-electron chi connectivity index (χ4n) is 2.96. The third-order valence-corrected chi connectivity index (χ3v) is 4.13. The molecule has 1 atom stereocenters. The topological polar surface area (TPSA) is 73.1 Å². The van der Waals surface area contributed by atoms with Crippen LogP contribution in [0.1, 0.15) is 43.7 Å². The number of nitrogens with one attached hydrogen (secondary N) is 1. The number of likely N-dealkylation sites (tertiary alicyclic amines) is 1. The van der Waals surface area contributed by atoms with Gasteiger partial charge in [0.25, 0.3) is 0 Å². The minimum absolute atomic E-state index is 0. The Morgan fingerprint density at radius 1 is 1.30 bits per heavy atom. The summed E-state index contributed by atoms with van der Waals surface area (Å²) in [7, 11) is 0. The summed E-state index contributed by atoms with van der Waals surface area (Å²) in [5.74, 6) is -0.161. The molecular weight excluding hydrogens is 316 g/mol. The first-order valence-electron chi connectivity index (χ1n) is 7.90. The molecule has 0 bridgehead atoms. The van der Waals surface area contributed by atoms with E-state index in [9.17, 15) is 4.79 Å². The van der Waals surface area contributed by atoms with Gasteiger partial charge in [-0.15, -0.1) is 12.4 Å². The normalized spacial score (nSPS) is 17.6. The summed E-state index contributed by atoms with van der Waals surface area (Å²) in [5.41, 5.74) is 5.92. The van der Waals surface area contributed by atoms with Crippen molar-refractivity contribution in [3.05, 3.63) is 29.3 Å². The zero-order chi connectivity index (χ0) is 15.2. The second kappa shape index (κ2) is 10.5. The monoisotopic (exact) mass is 344 g/mol. The van der Waals surface area contributed by atoms with Crippen LogP contribution in [0.25, 0.3) is 0 Å². The van der Waals surface area contributed by atoms with Gasteiger partial charge in [-0.05, 0) is 57.3 Å². The van der Waals surface area contributed by atoms with Crippen molar-refractivity contribution in [3.63, 3.8) is 0 Å². The van der Waals surface area contributed by atoms with E-state index in [2.05, 4.69) is 17.3 Å². The van der Waals surface area contributed by atoms with Crippen molar-refractivity contribution in [2.45, 2.75) is 52.5 Å². The Morgan fingerprint density at radius 2 is 1.96 bits per heavy atom. The number of para-hydroxylation sites is 1. The second-order valence-electron chi connectivity index (χ2n) is 5.84. The molecule has 1 saturated heterocycles. The maximum atomic E-state index is 12.4. The number of carbonyl (C=O) groups is 1. The van der Waals surface area contributed by atoms with Gasteiger partial charge in [-0.3, -0.25) is 4.90 Å². The summed E-state index contributed by atoms with van der Waals surface area (Å²) in [4.78, 5) is 20.0. The fourth-order valence-corrected chi connectivity index (χ4v) is 2.96. The Balaban J connectivity index is 0.00000242. The summed E-state index contributed by atoms with van der Waals surface area (Å²) >= 11 is 0. The lowest BCUT2D eigenvalue weighted by atomic mass is 10.0. The molecule has 23 heavy (non-hydrogen) atoms. The lowest BCUT2D eigenvalue weighted by Gasteiger charge is -2.33.